The van der Waals surface area contributed by atoms with Crippen LogP contribution in [0.25, 0.3) is 0 Å². The number of aryl methyl sites for hydroxylation is 1. The number of hydrogen-bond donors (Lipinski definition) is 1. The number of alkyl halides is 2. The highest BCUT2D eigenvalue weighted by molar-refractivity contribution is 5.86. The standard InChI is InChI=1S/C29H40F2N6O5/c1-18-15-32-37(16-18)28(24-33-22(42-34-24)19-13-29(30,31)14-19)8-10-35(11-9-28)23(39)20-12-21(38)27(6-5-7-27)17-36(20)25(40)41-26(2,3)4/h15-16,19-21,38H,5-14,17H2,1-4H3/t20-,21+/m0/s1. The summed E-state index contributed by atoms with van der Waals surface area (Å²) in [4.78, 5) is 35.1. The molecule has 4 heterocycles. The van der Waals surface area contributed by atoms with E-state index in [0.29, 0.717) is 31.8 Å². The van der Waals surface area contributed by atoms with E-state index < -0.39 is 41.2 Å². The Bertz CT molecular complexity index is 1330. The largest absolute Gasteiger partial charge is 0.444 e. The highest BCUT2D eigenvalue weighted by atomic mass is 19.3. The first kappa shape index (κ1) is 29.0. The monoisotopic (exact) mass is 590 g/mol. The number of rotatable bonds is 4. The number of carbonyl (C=O) groups is 2. The Morgan fingerprint density at radius 2 is 1.83 bits per heavy atom. The lowest BCUT2D eigenvalue weighted by molar-refractivity contribution is -0.153. The molecule has 2 atom stereocenters. The molecule has 13 heteroatoms. The molecule has 2 aromatic rings. The van der Waals surface area contributed by atoms with Gasteiger partial charge in [-0.1, -0.05) is 11.6 Å². The fourth-order valence-corrected chi connectivity index (χ4v) is 6.95. The van der Waals surface area contributed by atoms with E-state index in [0.717, 1.165) is 24.8 Å². The quantitative estimate of drug-likeness (QED) is 0.567. The van der Waals surface area contributed by atoms with Gasteiger partial charge in [0.1, 0.15) is 17.2 Å². The van der Waals surface area contributed by atoms with Crippen molar-refractivity contribution in [1.82, 2.24) is 29.7 Å². The molecule has 2 aliphatic carbocycles. The van der Waals surface area contributed by atoms with Crippen LogP contribution in [0.4, 0.5) is 13.6 Å². The minimum absolute atomic E-state index is 0.165. The SMILES string of the molecule is Cc1cnn(C2(c3noc(C4CC(F)(F)C4)n3)CCN(C(=O)[C@@H]3C[C@@H](O)C4(CCC4)CN3C(=O)OC(C)(C)C)CC2)c1. The summed E-state index contributed by atoms with van der Waals surface area (Å²) < 4.78 is 40.0. The van der Waals surface area contributed by atoms with Gasteiger partial charge in [0.15, 0.2) is 5.82 Å². The molecule has 2 saturated carbocycles. The molecule has 1 spiro atoms. The van der Waals surface area contributed by atoms with Crippen molar-refractivity contribution in [2.45, 2.75) is 114 Å². The number of hydrogen-bond acceptors (Lipinski definition) is 8. The average molecular weight is 591 g/mol. The van der Waals surface area contributed by atoms with Crippen LogP contribution in [0.15, 0.2) is 16.9 Å². The first-order valence-corrected chi connectivity index (χ1v) is 14.9. The lowest BCUT2D eigenvalue weighted by Gasteiger charge is -2.54. The molecule has 2 aliphatic heterocycles. The van der Waals surface area contributed by atoms with Gasteiger partial charge in [-0.05, 0) is 58.9 Å². The van der Waals surface area contributed by atoms with Crippen LogP contribution < -0.4 is 0 Å². The lowest BCUT2D eigenvalue weighted by Crippen LogP contribution is -2.65. The van der Waals surface area contributed by atoms with Gasteiger partial charge in [-0.25, -0.2) is 13.6 Å². The van der Waals surface area contributed by atoms with Crippen LogP contribution in [0.3, 0.4) is 0 Å². The number of aromatic nitrogens is 4. The number of piperidine rings is 2. The van der Waals surface area contributed by atoms with E-state index in [1.807, 2.05) is 13.1 Å². The van der Waals surface area contributed by atoms with E-state index in [1.54, 1.807) is 36.5 Å². The summed E-state index contributed by atoms with van der Waals surface area (Å²) in [6, 6.07) is -0.836. The third kappa shape index (κ3) is 5.07. The highest BCUT2D eigenvalue weighted by Gasteiger charge is 2.55. The zero-order valence-corrected chi connectivity index (χ0v) is 24.7. The van der Waals surface area contributed by atoms with Gasteiger partial charge in [-0.2, -0.15) is 10.1 Å². The average Bonchev–Trinajstić information content (AvgIpc) is 3.55. The summed E-state index contributed by atoms with van der Waals surface area (Å²) in [5, 5.41) is 19.8. The van der Waals surface area contributed by atoms with Crippen LogP contribution >= 0.6 is 0 Å². The Morgan fingerprint density at radius 1 is 1.14 bits per heavy atom. The second kappa shape index (κ2) is 9.99. The normalized spacial score (nSPS) is 26.9. The molecule has 4 fully saturated rings. The van der Waals surface area contributed by atoms with Gasteiger partial charge < -0.3 is 19.3 Å². The molecule has 2 aromatic heterocycles. The number of carbonyl (C=O) groups excluding carboxylic acids is 2. The maximum absolute atomic E-state index is 14.0. The van der Waals surface area contributed by atoms with E-state index in [1.165, 1.54) is 4.90 Å². The Morgan fingerprint density at radius 3 is 2.38 bits per heavy atom. The Kier molecular flexibility index (Phi) is 6.90. The maximum atomic E-state index is 14.0. The predicted molar refractivity (Wildman–Crippen MR) is 145 cm³/mol. The fraction of sp³-hybridized carbons (Fsp3) is 0.759. The number of likely N-dealkylation sites (tertiary alicyclic amines) is 2. The summed E-state index contributed by atoms with van der Waals surface area (Å²) >= 11 is 0. The van der Waals surface area contributed by atoms with Crippen LogP contribution in [0.1, 0.15) is 95.3 Å². The van der Waals surface area contributed by atoms with Gasteiger partial charge in [-0.3, -0.25) is 14.4 Å². The zero-order valence-electron chi connectivity index (χ0n) is 24.7. The Labute approximate surface area is 243 Å². The summed E-state index contributed by atoms with van der Waals surface area (Å²) in [6.45, 7) is 8.23. The first-order chi connectivity index (χ1) is 19.7. The molecule has 6 rings (SSSR count). The van der Waals surface area contributed by atoms with Crippen LogP contribution in [0.2, 0.25) is 0 Å². The number of aliphatic hydroxyl groups is 1. The summed E-state index contributed by atoms with van der Waals surface area (Å²) in [5.41, 5.74) is -1.00. The van der Waals surface area contributed by atoms with E-state index in [2.05, 4.69) is 15.2 Å². The van der Waals surface area contributed by atoms with Crippen LogP contribution in [-0.2, 0) is 15.1 Å². The van der Waals surface area contributed by atoms with E-state index >= 15 is 0 Å². The van der Waals surface area contributed by atoms with Crippen molar-refractivity contribution in [3.63, 3.8) is 0 Å². The number of halogens is 2. The molecule has 0 bridgehead atoms. The molecule has 11 nitrogen and oxygen atoms in total. The van der Waals surface area contributed by atoms with Crippen molar-refractivity contribution >= 4 is 12.0 Å². The van der Waals surface area contributed by atoms with Gasteiger partial charge in [0.05, 0.1) is 12.3 Å². The molecule has 2 saturated heterocycles. The molecule has 4 aliphatic rings. The van der Waals surface area contributed by atoms with Crippen LogP contribution in [-0.4, -0.2) is 90.1 Å². The molecule has 1 N–H and O–H groups in total. The van der Waals surface area contributed by atoms with Crippen molar-refractivity contribution in [1.29, 1.82) is 0 Å². The van der Waals surface area contributed by atoms with E-state index in [9.17, 15) is 23.5 Å². The fourth-order valence-electron chi connectivity index (χ4n) is 6.95. The lowest BCUT2D eigenvalue weighted by atomic mass is 9.61. The van der Waals surface area contributed by atoms with Crippen molar-refractivity contribution in [3.8, 4) is 0 Å². The van der Waals surface area contributed by atoms with Crippen molar-refractivity contribution < 1.29 is 32.7 Å². The first-order valence-electron chi connectivity index (χ1n) is 14.9. The van der Waals surface area contributed by atoms with Gasteiger partial charge in [0.2, 0.25) is 17.7 Å². The Hall–Kier alpha value is -3.09. The maximum Gasteiger partial charge on any atom is 0.410 e. The predicted octanol–water partition coefficient (Wildman–Crippen LogP) is 3.99. The molecule has 0 unspecified atom stereocenters. The van der Waals surface area contributed by atoms with Gasteiger partial charge >= 0.3 is 6.09 Å². The molecular formula is C29H40F2N6O5. The number of nitrogens with zero attached hydrogens (tertiary/aromatic N) is 6. The smallest absolute Gasteiger partial charge is 0.410 e. The highest BCUT2D eigenvalue weighted by Crippen LogP contribution is 2.50. The molecule has 2 amide bonds. The van der Waals surface area contributed by atoms with E-state index in [4.69, 9.17) is 9.26 Å². The second-order valence-electron chi connectivity index (χ2n) is 13.8. The minimum Gasteiger partial charge on any atom is -0.444 e. The number of ether oxygens (including phenoxy) is 1. The zero-order chi connectivity index (χ0) is 30.1. The van der Waals surface area contributed by atoms with Gasteiger partial charge in [0.25, 0.3) is 0 Å². The summed E-state index contributed by atoms with van der Waals surface area (Å²) in [6.07, 6.45) is 5.36. The number of aliphatic hydroxyl groups excluding tert-OH is 1. The summed E-state index contributed by atoms with van der Waals surface area (Å²) in [7, 11) is 0. The van der Waals surface area contributed by atoms with E-state index in [-0.39, 0.29) is 43.0 Å². The third-order valence-electron chi connectivity index (χ3n) is 9.63. The second-order valence-corrected chi connectivity index (χ2v) is 13.8. The number of amides is 2. The van der Waals surface area contributed by atoms with Gasteiger partial charge in [0, 0.05) is 56.4 Å². The third-order valence-corrected chi connectivity index (χ3v) is 9.63. The molecule has 42 heavy (non-hydrogen) atoms. The molecular weight excluding hydrogens is 550 g/mol. The van der Waals surface area contributed by atoms with Crippen molar-refractivity contribution in [3.05, 3.63) is 29.7 Å². The van der Waals surface area contributed by atoms with Crippen LogP contribution in [0.5, 0.6) is 0 Å². The topological polar surface area (TPSA) is 127 Å². The van der Waals surface area contributed by atoms with Crippen molar-refractivity contribution in [2.24, 2.45) is 5.41 Å². The van der Waals surface area contributed by atoms with Crippen LogP contribution in [0, 0.1) is 12.3 Å². The summed E-state index contributed by atoms with van der Waals surface area (Å²) in [5.74, 6) is -2.86. The molecule has 230 valence electrons. The molecule has 0 radical (unpaired) electrons. The minimum atomic E-state index is -2.71. The Balaban J connectivity index is 1.22. The molecule has 0 aromatic carbocycles. The van der Waals surface area contributed by atoms with Gasteiger partial charge in [-0.15, -0.1) is 0 Å². The van der Waals surface area contributed by atoms with Crippen molar-refractivity contribution in [2.75, 3.05) is 19.6 Å².